The number of rotatable bonds is 4. The van der Waals surface area contributed by atoms with Crippen molar-refractivity contribution in [2.24, 2.45) is 5.73 Å². The zero-order valence-electron chi connectivity index (χ0n) is 8.84. The van der Waals surface area contributed by atoms with Crippen LogP contribution in [0.15, 0.2) is 12.1 Å². The predicted octanol–water partition coefficient (Wildman–Crippen LogP) is 2.14. The third-order valence-corrected chi connectivity index (χ3v) is 2.37. The molecule has 0 spiro atoms. The van der Waals surface area contributed by atoms with E-state index in [-0.39, 0.29) is 24.0 Å². The highest BCUT2D eigenvalue weighted by Crippen LogP contribution is 2.23. The van der Waals surface area contributed by atoms with Crippen molar-refractivity contribution in [2.45, 2.75) is 25.8 Å². The lowest BCUT2D eigenvalue weighted by molar-refractivity contribution is -0.137. The molecule has 3 N–H and O–H groups in total. The molecule has 0 saturated heterocycles. The molecular formula is C11H13F2NO2. The van der Waals surface area contributed by atoms with Crippen molar-refractivity contribution in [1.82, 2.24) is 0 Å². The Hall–Kier alpha value is -1.49. The summed E-state index contributed by atoms with van der Waals surface area (Å²) in [6.45, 7) is 1.45. The van der Waals surface area contributed by atoms with Crippen LogP contribution < -0.4 is 5.73 Å². The molecule has 0 aliphatic carbocycles. The summed E-state index contributed by atoms with van der Waals surface area (Å²) >= 11 is 0. The van der Waals surface area contributed by atoms with Crippen molar-refractivity contribution in [2.75, 3.05) is 0 Å². The molecule has 0 heterocycles. The summed E-state index contributed by atoms with van der Waals surface area (Å²) < 4.78 is 26.6. The minimum atomic E-state index is -1.01. The van der Waals surface area contributed by atoms with Gasteiger partial charge in [-0.3, -0.25) is 4.79 Å². The minimum absolute atomic E-state index is 0.0179. The van der Waals surface area contributed by atoms with E-state index in [4.69, 9.17) is 10.8 Å². The van der Waals surface area contributed by atoms with E-state index in [1.807, 2.05) is 0 Å². The van der Waals surface area contributed by atoms with Gasteiger partial charge in [0.15, 0.2) is 11.6 Å². The van der Waals surface area contributed by atoms with Crippen LogP contribution in [0, 0.1) is 18.6 Å². The normalized spacial score (nSPS) is 12.5. The number of carboxylic acid groups (broad SMARTS) is 1. The minimum Gasteiger partial charge on any atom is -0.481 e. The van der Waals surface area contributed by atoms with Crippen LogP contribution in [0.1, 0.15) is 30.0 Å². The molecule has 5 heteroatoms. The Kier molecular flexibility index (Phi) is 3.95. The highest BCUT2D eigenvalue weighted by atomic mass is 19.2. The van der Waals surface area contributed by atoms with Gasteiger partial charge in [0.05, 0.1) is 0 Å². The third kappa shape index (κ3) is 2.76. The van der Waals surface area contributed by atoms with Crippen LogP contribution in [0.3, 0.4) is 0 Å². The van der Waals surface area contributed by atoms with Gasteiger partial charge in [-0.1, -0.05) is 12.1 Å². The Morgan fingerprint density at radius 2 is 2.06 bits per heavy atom. The van der Waals surface area contributed by atoms with Gasteiger partial charge in [-0.2, -0.15) is 0 Å². The molecule has 1 rings (SSSR count). The molecule has 1 aromatic rings. The lowest BCUT2D eigenvalue weighted by atomic mass is 10.0. The monoisotopic (exact) mass is 229 g/mol. The highest BCUT2D eigenvalue weighted by Gasteiger charge is 2.17. The molecule has 0 amide bonds. The predicted molar refractivity (Wildman–Crippen MR) is 54.9 cm³/mol. The van der Waals surface area contributed by atoms with Gasteiger partial charge < -0.3 is 10.8 Å². The van der Waals surface area contributed by atoms with Crippen molar-refractivity contribution >= 4 is 5.97 Å². The van der Waals surface area contributed by atoms with E-state index in [1.54, 1.807) is 0 Å². The van der Waals surface area contributed by atoms with E-state index in [0.29, 0.717) is 0 Å². The molecule has 1 aromatic carbocycles. The van der Waals surface area contributed by atoms with Crippen molar-refractivity contribution < 1.29 is 18.7 Å². The molecule has 0 aliphatic rings. The Balaban J connectivity index is 2.87. The second-order valence-electron chi connectivity index (χ2n) is 3.64. The second kappa shape index (κ2) is 5.03. The Morgan fingerprint density at radius 1 is 1.44 bits per heavy atom. The molecule has 1 unspecified atom stereocenters. The summed E-state index contributed by atoms with van der Waals surface area (Å²) in [5, 5.41) is 8.45. The van der Waals surface area contributed by atoms with Crippen LogP contribution in [0.4, 0.5) is 8.78 Å². The SMILES string of the molecule is Cc1ccc(C(N)CCC(=O)O)c(F)c1F. The van der Waals surface area contributed by atoms with Gasteiger partial charge in [0.25, 0.3) is 0 Å². The number of hydrogen-bond acceptors (Lipinski definition) is 2. The lowest BCUT2D eigenvalue weighted by Gasteiger charge is -2.12. The van der Waals surface area contributed by atoms with Gasteiger partial charge >= 0.3 is 5.97 Å². The van der Waals surface area contributed by atoms with Crippen molar-refractivity contribution in [3.8, 4) is 0 Å². The lowest BCUT2D eigenvalue weighted by Crippen LogP contribution is -2.15. The Labute approximate surface area is 91.9 Å². The molecule has 0 aliphatic heterocycles. The molecule has 16 heavy (non-hydrogen) atoms. The summed E-state index contributed by atoms with van der Waals surface area (Å²) in [7, 11) is 0. The number of aryl methyl sites for hydroxylation is 1. The van der Waals surface area contributed by atoms with Gasteiger partial charge in [-0.05, 0) is 18.9 Å². The summed E-state index contributed by atoms with van der Waals surface area (Å²) in [5.41, 5.74) is 5.81. The summed E-state index contributed by atoms with van der Waals surface area (Å²) in [6, 6.07) is 2.01. The first kappa shape index (κ1) is 12.6. The number of benzene rings is 1. The standard InChI is InChI=1S/C11H13F2NO2/c1-6-2-3-7(11(13)10(6)12)8(14)4-5-9(15)16/h2-3,8H,4-5,14H2,1H3,(H,15,16). The van der Waals surface area contributed by atoms with Crippen LogP contribution in [0.5, 0.6) is 0 Å². The maximum Gasteiger partial charge on any atom is 0.303 e. The highest BCUT2D eigenvalue weighted by molar-refractivity contribution is 5.66. The molecule has 88 valence electrons. The van der Waals surface area contributed by atoms with Gasteiger partial charge in [-0.15, -0.1) is 0 Å². The maximum atomic E-state index is 13.4. The van der Waals surface area contributed by atoms with Gasteiger partial charge in [0.2, 0.25) is 0 Å². The molecular weight excluding hydrogens is 216 g/mol. The van der Waals surface area contributed by atoms with E-state index in [0.717, 1.165) is 0 Å². The van der Waals surface area contributed by atoms with E-state index >= 15 is 0 Å². The van der Waals surface area contributed by atoms with Crippen LogP contribution in [0.2, 0.25) is 0 Å². The second-order valence-corrected chi connectivity index (χ2v) is 3.64. The van der Waals surface area contributed by atoms with Crippen LogP contribution >= 0.6 is 0 Å². The number of hydrogen-bond donors (Lipinski definition) is 2. The zero-order valence-corrected chi connectivity index (χ0v) is 8.84. The molecule has 0 fully saturated rings. The van der Waals surface area contributed by atoms with Gasteiger partial charge in [0.1, 0.15) is 0 Å². The first-order valence-corrected chi connectivity index (χ1v) is 4.85. The fourth-order valence-electron chi connectivity index (χ4n) is 1.38. The van der Waals surface area contributed by atoms with Crippen LogP contribution in [-0.2, 0) is 4.79 Å². The van der Waals surface area contributed by atoms with Crippen molar-refractivity contribution in [3.05, 3.63) is 34.9 Å². The third-order valence-electron chi connectivity index (χ3n) is 2.37. The molecule has 0 saturated carbocycles. The van der Waals surface area contributed by atoms with Gasteiger partial charge in [0, 0.05) is 18.0 Å². The molecule has 0 radical (unpaired) electrons. The number of carbonyl (C=O) groups is 1. The first-order chi connectivity index (χ1) is 7.43. The van der Waals surface area contributed by atoms with E-state index in [9.17, 15) is 13.6 Å². The fraction of sp³-hybridized carbons (Fsp3) is 0.364. The molecule has 0 aromatic heterocycles. The smallest absolute Gasteiger partial charge is 0.303 e. The summed E-state index contributed by atoms with van der Waals surface area (Å²) in [6.07, 6.45) is -0.0924. The number of halogens is 2. The van der Waals surface area contributed by atoms with Crippen molar-refractivity contribution in [3.63, 3.8) is 0 Å². The topological polar surface area (TPSA) is 63.3 Å². The maximum absolute atomic E-state index is 13.4. The van der Waals surface area contributed by atoms with Crippen molar-refractivity contribution in [1.29, 1.82) is 0 Å². The summed E-state index contributed by atoms with van der Waals surface area (Å²) in [5.74, 6) is -2.93. The Morgan fingerprint density at radius 3 is 2.62 bits per heavy atom. The number of aliphatic carboxylic acids is 1. The molecule has 0 bridgehead atoms. The Bertz CT molecular complexity index is 407. The van der Waals surface area contributed by atoms with E-state index in [2.05, 4.69) is 0 Å². The number of nitrogens with two attached hydrogens (primary N) is 1. The number of carboxylic acids is 1. The van der Waals surface area contributed by atoms with E-state index in [1.165, 1.54) is 19.1 Å². The zero-order chi connectivity index (χ0) is 12.3. The summed E-state index contributed by atoms with van der Waals surface area (Å²) in [4.78, 5) is 10.3. The van der Waals surface area contributed by atoms with Gasteiger partial charge in [-0.25, -0.2) is 8.78 Å². The van der Waals surface area contributed by atoms with Crippen LogP contribution in [0.25, 0.3) is 0 Å². The fourth-order valence-corrected chi connectivity index (χ4v) is 1.38. The quantitative estimate of drug-likeness (QED) is 0.831. The average molecular weight is 229 g/mol. The van der Waals surface area contributed by atoms with Crippen LogP contribution in [-0.4, -0.2) is 11.1 Å². The largest absolute Gasteiger partial charge is 0.481 e. The average Bonchev–Trinajstić information content (AvgIpc) is 2.23. The first-order valence-electron chi connectivity index (χ1n) is 4.85. The molecule has 3 nitrogen and oxygen atoms in total. The molecule has 1 atom stereocenters. The van der Waals surface area contributed by atoms with E-state index < -0.39 is 23.6 Å².